The quantitative estimate of drug-likeness (QED) is 0.435. The predicted octanol–water partition coefficient (Wildman–Crippen LogP) is 5.72. The van der Waals surface area contributed by atoms with Crippen LogP contribution in [0.25, 0.3) is 21.8 Å². The molecular weight excluding hydrogens is 452 g/mol. The minimum Gasteiger partial charge on any atom is -0.460 e. The van der Waals surface area contributed by atoms with Gasteiger partial charge in [0, 0.05) is 58.7 Å². The highest BCUT2D eigenvalue weighted by Crippen LogP contribution is 2.44. The zero-order valence-corrected chi connectivity index (χ0v) is 21.0. The monoisotopic (exact) mass is 484 g/mol. The van der Waals surface area contributed by atoms with Gasteiger partial charge in [0.1, 0.15) is 12.4 Å². The van der Waals surface area contributed by atoms with Gasteiger partial charge in [0.05, 0.1) is 17.6 Å². The number of hydrogen-bond acceptors (Lipinski definition) is 5. The number of rotatable bonds is 5. The molecule has 6 nitrogen and oxygen atoms in total. The summed E-state index contributed by atoms with van der Waals surface area (Å²) in [6.07, 6.45) is 3.97. The summed E-state index contributed by atoms with van der Waals surface area (Å²) in [6, 6.07) is 14.8. The number of Topliss-reactive ketones (excluding diaryl/α,β-unsaturated/α-hetero) is 1. The molecule has 3 atom stereocenters. The van der Waals surface area contributed by atoms with E-state index in [0.29, 0.717) is 24.3 Å². The summed E-state index contributed by atoms with van der Waals surface area (Å²) in [7, 11) is 0. The average Bonchev–Trinajstić information content (AvgIpc) is 3.52. The summed E-state index contributed by atoms with van der Waals surface area (Å²) >= 11 is 0. The Labute approximate surface area is 211 Å². The maximum Gasteiger partial charge on any atom is 0.336 e. The second kappa shape index (κ2) is 9.32. The molecule has 0 N–H and O–H groups in total. The number of para-hydroxylation sites is 1. The summed E-state index contributed by atoms with van der Waals surface area (Å²) in [4.78, 5) is 31.6. The smallest absolute Gasteiger partial charge is 0.336 e. The number of aliphatic imine (C=N–C) groups is 1. The van der Waals surface area contributed by atoms with Crippen LogP contribution in [-0.4, -0.2) is 41.3 Å². The first-order chi connectivity index (χ1) is 17.6. The molecule has 0 amide bonds. The number of fused-ring (bicyclic) bond motifs is 4. The Bertz CT molecular complexity index is 1420. The largest absolute Gasteiger partial charge is 0.460 e. The van der Waals surface area contributed by atoms with Crippen LogP contribution in [0.15, 0.2) is 58.7 Å². The fourth-order valence-electron chi connectivity index (χ4n) is 6.37. The number of ketones is 1. The van der Waals surface area contributed by atoms with Crippen LogP contribution in [-0.2, 0) is 25.6 Å². The number of ether oxygens (including phenoxy) is 2. The highest BCUT2D eigenvalue weighted by Gasteiger charge is 2.44. The first-order valence-corrected chi connectivity index (χ1v) is 13.2. The van der Waals surface area contributed by atoms with E-state index in [2.05, 4.69) is 54.0 Å². The third-order valence-corrected chi connectivity index (χ3v) is 8.02. The summed E-state index contributed by atoms with van der Waals surface area (Å²) in [5.41, 5.74) is 5.39. The summed E-state index contributed by atoms with van der Waals surface area (Å²) in [5.74, 6) is -1.02. The molecule has 1 saturated carbocycles. The van der Waals surface area contributed by atoms with Crippen molar-refractivity contribution < 1.29 is 19.1 Å². The van der Waals surface area contributed by atoms with Crippen molar-refractivity contribution >= 4 is 39.3 Å². The number of carbonyl (C=O) groups excluding carboxylic acids is 2. The Kier molecular flexibility index (Phi) is 6.00. The Hall–Kier alpha value is -3.25. The molecule has 3 aliphatic rings. The van der Waals surface area contributed by atoms with E-state index in [4.69, 9.17) is 14.5 Å². The van der Waals surface area contributed by atoms with Crippen molar-refractivity contribution in [3.8, 4) is 0 Å². The lowest BCUT2D eigenvalue weighted by atomic mass is 9.69. The first-order valence-electron chi connectivity index (χ1n) is 13.2. The number of aromatic nitrogens is 1. The lowest BCUT2D eigenvalue weighted by Crippen LogP contribution is -2.39. The first kappa shape index (κ1) is 23.2. The van der Waals surface area contributed by atoms with Crippen molar-refractivity contribution in [2.24, 2.45) is 10.9 Å². The van der Waals surface area contributed by atoms with Crippen LogP contribution in [0.5, 0.6) is 0 Å². The van der Waals surface area contributed by atoms with Crippen molar-refractivity contribution in [3.63, 3.8) is 0 Å². The maximum atomic E-state index is 13.5. The van der Waals surface area contributed by atoms with Crippen molar-refractivity contribution in [2.45, 2.75) is 64.5 Å². The van der Waals surface area contributed by atoms with E-state index in [1.807, 2.05) is 6.92 Å². The molecule has 6 heteroatoms. The molecule has 2 fully saturated rings. The topological polar surface area (TPSA) is 69.9 Å². The number of hydrogen-bond donors (Lipinski definition) is 0. The summed E-state index contributed by atoms with van der Waals surface area (Å²) in [5, 5.41) is 2.32. The van der Waals surface area contributed by atoms with Crippen molar-refractivity contribution in [2.75, 3.05) is 13.2 Å². The molecule has 1 unspecified atom stereocenters. The van der Waals surface area contributed by atoms with Gasteiger partial charge < -0.3 is 14.0 Å². The van der Waals surface area contributed by atoms with E-state index in [9.17, 15) is 9.59 Å². The number of aryl methyl sites for hydroxylation is 1. The zero-order chi connectivity index (χ0) is 24.8. The van der Waals surface area contributed by atoms with E-state index in [1.54, 1.807) is 0 Å². The van der Waals surface area contributed by atoms with E-state index >= 15 is 0 Å². The van der Waals surface area contributed by atoms with Gasteiger partial charge in [0.25, 0.3) is 0 Å². The predicted molar refractivity (Wildman–Crippen MR) is 140 cm³/mol. The third-order valence-electron chi connectivity index (χ3n) is 8.02. The molecule has 1 saturated heterocycles. The minimum atomic E-state index is -0.412. The van der Waals surface area contributed by atoms with Gasteiger partial charge in [-0.1, -0.05) is 24.3 Å². The van der Waals surface area contributed by atoms with E-state index in [-0.39, 0.29) is 24.5 Å². The van der Waals surface area contributed by atoms with Crippen LogP contribution in [0.3, 0.4) is 0 Å². The molecule has 2 aromatic carbocycles. The average molecular weight is 485 g/mol. The van der Waals surface area contributed by atoms with Gasteiger partial charge in [-0.25, -0.2) is 4.79 Å². The van der Waals surface area contributed by atoms with Crippen LogP contribution >= 0.6 is 0 Å². The Morgan fingerprint density at radius 2 is 1.92 bits per heavy atom. The minimum absolute atomic E-state index is 0.0520. The van der Waals surface area contributed by atoms with Gasteiger partial charge in [-0.15, -0.1) is 0 Å². The molecule has 0 spiro atoms. The lowest BCUT2D eigenvalue weighted by Gasteiger charge is -2.35. The Morgan fingerprint density at radius 1 is 1.08 bits per heavy atom. The van der Waals surface area contributed by atoms with Gasteiger partial charge in [-0.2, -0.15) is 0 Å². The van der Waals surface area contributed by atoms with Crippen molar-refractivity contribution in [1.82, 2.24) is 4.57 Å². The number of carbonyl (C=O) groups is 2. The molecule has 3 aromatic rings. The molecule has 1 aromatic heterocycles. The van der Waals surface area contributed by atoms with E-state index < -0.39 is 11.8 Å². The number of allylic oxidation sites excluding steroid dienone is 1. The normalized spacial score (nSPS) is 24.3. The highest BCUT2D eigenvalue weighted by atomic mass is 16.6. The van der Waals surface area contributed by atoms with Gasteiger partial charge in [0.15, 0.2) is 0 Å². The second-order valence-electron chi connectivity index (χ2n) is 10.1. The van der Waals surface area contributed by atoms with Gasteiger partial charge in [0.2, 0.25) is 0 Å². The van der Waals surface area contributed by atoms with Crippen LogP contribution in [0.4, 0.5) is 0 Å². The van der Waals surface area contributed by atoms with Crippen LogP contribution in [0.2, 0.25) is 0 Å². The molecule has 3 heterocycles. The summed E-state index contributed by atoms with van der Waals surface area (Å²) < 4.78 is 13.7. The van der Waals surface area contributed by atoms with Gasteiger partial charge in [-0.05, 0) is 63.3 Å². The van der Waals surface area contributed by atoms with Gasteiger partial charge >= 0.3 is 5.97 Å². The number of esters is 1. The Morgan fingerprint density at radius 3 is 2.72 bits per heavy atom. The standard InChI is InChI=1S/C30H32N2O4/c1-3-32-24-11-5-4-9-21(24)22-16-19(13-14-25(22)32)28-27(30(34)36-17-20-8-7-15-35-20)18(2)31-23-10-6-12-26(33)29(23)28/h4-5,9,11,13-14,16,20,28-29H,3,6-8,10,12,15,17H2,1-2H3/t20-,28-,29?/m0/s1. The molecule has 2 aliphatic heterocycles. The van der Waals surface area contributed by atoms with Gasteiger partial charge in [-0.3, -0.25) is 9.79 Å². The second-order valence-corrected chi connectivity index (χ2v) is 10.1. The van der Waals surface area contributed by atoms with E-state index in [0.717, 1.165) is 54.4 Å². The van der Waals surface area contributed by atoms with Crippen molar-refractivity contribution in [1.29, 1.82) is 0 Å². The molecule has 186 valence electrons. The van der Waals surface area contributed by atoms with Crippen molar-refractivity contribution in [3.05, 3.63) is 59.3 Å². The van der Waals surface area contributed by atoms with Crippen LogP contribution in [0, 0.1) is 5.92 Å². The van der Waals surface area contributed by atoms with E-state index in [1.165, 1.54) is 10.9 Å². The lowest BCUT2D eigenvalue weighted by molar-refractivity contribution is -0.142. The fraction of sp³-hybridized carbons (Fsp3) is 0.433. The molecule has 36 heavy (non-hydrogen) atoms. The van der Waals surface area contributed by atoms with Crippen LogP contribution in [0.1, 0.15) is 57.4 Å². The Balaban J connectivity index is 1.47. The molecular formula is C30H32N2O4. The highest BCUT2D eigenvalue weighted by molar-refractivity contribution is 6.12. The fourth-order valence-corrected chi connectivity index (χ4v) is 6.37. The molecule has 1 aliphatic carbocycles. The summed E-state index contributed by atoms with van der Waals surface area (Å²) in [6.45, 7) is 5.84. The molecule has 0 bridgehead atoms. The number of benzene rings is 2. The van der Waals surface area contributed by atoms with Crippen LogP contribution < -0.4 is 0 Å². The maximum absolute atomic E-state index is 13.5. The molecule has 6 rings (SSSR count). The third kappa shape index (κ3) is 3.79. The zero-order valence-electron chi connectivity index (χ0n) is 21.0. The molecule has 0 radical (unpaired) electrons. The number of nitrogens with zero attached hydrogens (tertiary/aromatic N) is 2. The SMILES string of the molecule is CCn1c2ccccc2c2cc([C@H]3C(C(=O)OC[C@@H]4CCCO4)=C(C)N=C4CCCC(=O)C43)ccc21.